The largest absolute Gasteiger partial charge is 0.508 e. The molecule has 10 heteroatoms. The highest BCUT2D eigenvalue weighted by Crippen LogP contribution is 2.56. The number of benzene rings is 1. The lowest BCUT2D eigenvalue weighted by molar-refractivity contribution is -0.169. The van der Waals surface area contributed by atoms with E-state index in [4.69, 9.17) is 0 Å². The van der Waals surface area contributed by atoms with Gasteiger partial charge < -0.3 is 30.8 Å². The molecule has 3 aliphatic rings. The molecular formula is C26H32N2O8. The Labute approximate surface area is 208 Å². The van der Waals surface area contributed by atoms with Gasteiger partial charge in [0.2, 0.25) is 5.78 Å². The van der Waals surface area contributed by atoms with Crippen molar-refractivity contribution in [3.05, 3.63) is 46.2 Å². The van der Waals surface area contributed by atoms with E-state index >= 15 is 0 Å². The first kappa shape index (κ1) is 25.9. The van der Waals surface area contributed by atoms with Gasteiger partial charge in [0.05, 0.1) is 23.6 Å². The SMILES string of the molecule is C[C@@H]1c2cccc(O)c2C(O)=C2C(=O)[C@@]3(O)C(O)=C(C(=O)NC(C)(C)C)C(=O)[C@H](N(C)C)[C@H]3[C@H](O)[C@H]21. The lowest BCUT2D eigenvalue weighted by atomic mass is 9.54. The number of rotatable bonds is 2. The number of nitrogens with one attached hydrogen (secondary N) is 1. The Morgan fingerprint density at radius 2 is 1.72 bits per heavy atom. The molecule has 0 unspecified atom stereocenters. The number of carbonyl (C=O) groups excluding carboxylic acids is 3. The Hall–Kier alpha value is -3.21. The molecule has 1 fully saturated rings. The molecule has 0 radical (unpaired) electrons. The van der Waals surface area contributed by atoms with E-state index < -0.39 is 75.6 Å². The molecule has 194 valence electrons. The summed E-state index contributed by atoms with van der Waals surface area (Å²) in [4.78, 5) is 42.0. The number of ketones is 2. The van der Waals surface area contributed by atoms with E-state index in [9.17, 15) is 39.9 Å². The highest BCUT2D eigenvalue weighted by Gasteiger charge is 2.68. The number of aliphatic hydroxyl groups is 4. The Morgan fingerprint density at radius 1 is 1.11 bits per heavy atom. The van der Waals surface area contributed by atoms with Crippen molar-refractivity contribution in [3.8, 4) is 5.75 Å². The zero-order valence-corrected chi connectivity index (χ0v) is 21.0. The van der Waals surface area contributed by atoms with Gasteiger partial charge in [0.15, 0.2) is 11.4 Å². The van der Waals surface area contributed by atoms with Gasteiger partial charge in [-0.1, -0.05) is 19.1 Å². The number of amides is 1. The van der Waals surface area contributed by atoms with Crippen LogP contribution >= 0.6 is 0 Å². The topological polar surface area (TPSA) is 168 Å². The summed E-state index contributed by atoms with van der Waals surface area (Å²) in [5, 5.41) is 58.7. The molecule has 0 bridgehead atoms. The normalized spacial score (nSPS) is 32.3. The van der Waals surface area contributed by atoms with Crippen LogP contribution in [-0.2, 0) is 14.4 Å². The first-order chi connectivity index (χ1) is 16.6. The van der Waals surface area contributed by atoms with E-state index in [1.54, 1.807) is 39.8 Å². The van der Waals surface area contributed by atoms with Crippen molar-refractivity contribution >= 4 is 23.2 Å². The van der Waals surface area contributed by atoms with Crippen LogP contribution < -0.4 is 5.32 Å². The molecule has 0 aliphatic heterocycles. The fraction of sp³-hybridized carbons (Fsp3) is 0.500. The quantitative estimate of drug-likeness (QED) is 0.324. The third-order valence-electron chi connectivity index (χ3n) is 7.46. The molecule has 3 aliphatic carbocycles. The van der Waals surface area contributed by atoms with Crippen molar-refractivity contribution in [2.45, 2.75) is 56.9 Å². The average Bonchev–Trinajstić information content (AvgIpc) is 2.75. The second kappa shape index (κ2) is 8.16. The number of likely N-dealkylation sites (N-methyl/N-ethyl adjacent to an activating group) is 1. The van der Waals surface area contributed by atoms with Crippen LogP contribution in [0.1, 0.15) is 44.7 Å². The molecule has 6 atom stereocenters. The second-order valence-electron chi connectivity index (χ2n) is 11.1. The molecule has 0 aromatic heterocycles. The summed E-state index contributed by atoms with van der Waals surface area (Å²) in [7, 11) is 3.00. The monoisotopic (exact) mass is 500 g/mol. The maximum atomic E-state index is 14.0. The number of fused-ring (bicyclic) bond motifs is 3. The minimum Gasteiger partial charge on any atom is -0.508 e. The third kappa shape index (κ3) is 3.39. The van der Waals surface area contributed by atoms with E-state index in [-0.39, 0.29) is 16.9 Å². The number of aliphatic hydroxyl groups excluding tert-OH is 3. The van der Waals surface area contributed by atoms with Crippen LogP contribution in [-0.4, -0.2) is 85.3 Å². The van der Waals surface area contributed by atoms with E-state index in [0.29, 0.717) is 5.56 Å². The molecule has 1 aromatic carbocycles. The molecule has 4 rings (SSSR count). The summed E-state index contributed by atoms with van der Waals surface area (Å²) in [5.74, 6) is -8.26. The number of phenolic OH excluding ortho intramolecular Hbond substituents is 1. The summed E-state index contributed by atoms with van der Waals surface area (Å²) < 4.78 is 0. The van der Waals surface area contributed by atoms with Gasteiger partial charge in [-0.15, -0.1) is 0 Å². The number of phenols is 1. The molecule has 1 saturated carbocycles. The molecule has 1 amide bonds. The highest BCUT2D eigenvalue weighted by molar-refractivity contribution is 6.25. The van der Waals surface area contributed by atoms with Gasteiger partial charge in [0.1, 0.15) is 22.8 Å². The first-order valence-corrected chi connectivity index (χ1v) is 11.7. The van der Waals surface area contributed by atoms with E-state index in [1.807, 2.05) is 0 Å². The molecule has 6 N–H and O–H groups in total. The molecule has 36 heavy (non-hydrogen) atoms. The Balaban J connectivity index is 2.02. The summed E-state index contributed by atoms with van der Waals surface area (Å²) in [6.07, 6.45) is -1.58. The summed E-state index contributed by atoms with van der Waals surface area (Å²) in [6.45, 7) is 6.68. The smallest absolute Gasteiger partial charge is 0.258 e. The number of carbonyl (C=O) groups is 3. The van der Waals surface area contributed by atoms with Crippen molar-refractivity contribution < 1.29 is 39.9 Å². The zero-order chi connectivity index (χ0) is 27.1. The third-order valence-corrected chi connectivity index (χ3v) is 7.46. The van der Waals surface area contributed by atoms with Crippen molar-refractivity contribution in [3.63, 3.8) is 0 Å². The fourth-order valence-corrected chi connectivity index (χ4v) is 5.96. The lowest BCUT2D eigenvalue weighted by Crippen LogP contribution is -2.70. The van der Waals surface area contributed by atoms with Gasteiger partial charge >= 0.3 is 0 Å². The molecular weight excluding hydrogens is 468 g/mol. The van der Waals surface area contributed by atoms with Crippen LogP contribution in [0.4, 0.5) is 0 Å². The summed E-state index contributed by atoms with van der Waals surface area (Å²) in [6, 6.07) is 3.20. The fourth-order valence-electron chi connectivity index (χ4n) is 5.96. The van der Waals surface area contributed by atoms with Gasteiger partial charge in [0.25, 0.3) is 5.91 Å². The number of Topliss-reactive ketones (excluding diaryl/α,β-unsaturated/α-hetero) is 2. The van der Waals surface area contributed by atoms with Gasteiger partial charge in [-0.2, -0.15) is 0 Å². The molecule has 0 heterocycles. The van der Waals surface area contributed by atoms with Crippen LogP contribution in [0.15, 0.2) is 35.1 Å². The van der Waals surface area contributed by atoms with Crippen LogP contribution in [0.25, 0.3) is 5.76 Å². The Bertz CT molecular complexity index is 1240. The predicted octanol–water partition coefficient (Wildman–Crippen LogP) is 0.925. The van der Waals surface area contributed by atoms with Crippen LogP contribution in [0.5, 0.6) is 5.75 Å². The maximum Gasteiger partial charge on any atom is 0.258 e. The van der Waals surface area contributed by atoms with Crippen molar-refractivity contribution in [1.82, 2.24) is 10.2 Å². The minimum absolute atomic E-state index is 0.0101. The van der Waals surface area contributed by atoms with Crippen LogP contribution in [0.2, 0.25) is 0 Å². The average molecular weight is 501 g/mol. The Morgan fingerprint density at radius 3 is 2.28 bits per heavy atom. The lowest BCUT2D eigenvalue weighted by Gasteiger charge is -2.53. The molecule has 0 saturated heterocycles. The molecule has 1 aromatic rings. The second-order valence-corrected chi connectivity index (χ2v) is 11.1. The number of nitrogens with zero attached hydrogens (tertiary/aromatic N) is 1. The van der Waals surface area contributed by atoms with Crippen molar-refractivity contribution in [2.24, 2.45) is 11.8 Å². The van der Waals surface area contributed by atoms with Gasteiger partial charge in [0, 0.05) is 17.0 Å². The van der Waals surface area contributed by atoms with E-state index in [0.717, 1.165) is 0 Å². The minimum atomic E-state index is -2.88. The predicted molar refractivity (Wildman–Crippen MR) is 129 cm³/mol. The molecule has 0 spiro atoms. The summed E-state index contributed by atoms with van der Waals surface area (Å²) >= 11 is 0. The zero-order valence-electron chi connectivity index (χ0n) is 21.0. The number of hydrogen-bond acceptors (Lipinski definition) is 9. The standard InChI is InChI=1S/C26H32N2O8/c1-10-11-8-7-9-12(29)14(11)19(30)15-13(10)20(31)17-18(28(5)6)21(32)16(24(35)27-25(2,3)4)23(34)26(17,36)22(15)33/h7-10,13,17-18,20,29-31,34,36H,1-6H3,(H,27,35)/t10-,13+,17+,18-,20-,26-/m1/s1. The Kier molecular flexibility index (Phi) is 5.86. The van der Waals surface area contributed by atoms with Gasteiger partial charge in [-0.05, 0) is 52.4 Å². The molecule has 10 nitrogen and oxygen atoms in total. The number of aromatic hydroxyl groups is 1. The first-order valence-electron chi connectivity index (χ1n) is 11.7. The van der Waals surface area contributed by atoms with Crippen molar-refractivity contribution in [1.29, 1.82) is 0 Å². The van der Waals surface area contributed by atoms with E-state index in [2.05, 4.69) is 5.32 Å². The van der Waals surface area contributed by atoms with E-state index in [1.165, 1.54) is 25.1 Å². The van der Waals surface area contributed by atoms with Crippen LogP contribution in [0, 0.1) is 11.8 Å². The summed E-state index contributed by atoms with van der Waals surface area (Å²) in [5.41, 5.74) is -4.38. The van der Waals surface area contributed by atoms with Crippen LogP contribution in [0.3, 0.4) is 0 Å². The number of hydrogen-bond donors (Lipinski definition) is 6. The van der Waals surface area contributed by atoms with Gasteiger partial charge in [-0.3, -0.25) is 19.3 Å². The maximum absolute atomic E-state index is 14.0. The highest BCUT2D eigenvalue weighted by atomic mass is 16.4. The van der Waals surface area contributed by atoms with Gasteiger partial charge in [-0.25, -0.2) is 0 Å². The van der Waals surface area contributed by atoms with Crippen molar-refractivity contribution in [2.75, 3.05) is 14.1 Å².